The number of carbonyl (C=O) groups excluding carboxylic acids is 1. The van der Waals surface area contributed by atoms with Gasteiger partial charge in [0.05, 0.1) is 25.8 Å². The summed E-state index contributed by atoms with van der Waals surface area (Å²) < 4.78 is 10.5. The Kier molecular flexibility index (Phi) is 10.7. The fraction of sp³-hybridized carbons (Fsp3) is 0.619. The summed E-state index contributed by atoms with van der Waals surface area (Å²) in [5, 5.41) is 16.6. The molecule has 1 fully saturated rings. The summed E-state index contributed by atoms with van der Waals surface area (Å²) in [5.41, 5.74) is 0.271. The van der Waals surface area contributed by atoms with Gasteiger partial charge in [-0.25, -0.2) is 4.79 Å². The lowest BCUT2D eigenvalue weighted by atomic mass is 10.1. The fourth-order valence-electron chi connectivity index (χ4n) is 3.07. The van der Waals surface area contributed by atoms with Crippen LogP contribution < -0.4 is 15.4 Å². The molecule has 0 aromatic heterocycles. The Morgan fingerprint density at radius 1 is 1.33 bits per heavy atom. The lowest BCUT2D eigenvalue weighted by molar-refractivity contribution is 0.0507. The molecular weight excluding hydrogens is 499 g/mol. The minimum Gasteiger partial charge on any atom is -0.497 e. The van der Waals surface area contributed by atoms with Crippen molar-refractivity contribution in [2.45, 2.75) is 51.9 Å². The highest BCUT2D eigenvalue weighted by molar-refractivity contribution is 14.0. The molecule has 1 heterocycles. The number of ether oxygens (including phenoxy) is 2. The Morgan fingerprint density at radius 2 is 2.00 bits per heavy atom. The molecule has 1 aliphatic heterocycles. The van der Waals surface area contributed by atoms with Gasteiger partial charge in [-0.15, -0.1) is 24.0 Å². The zero-order valence-corrected chi connectivity index (χ0v) is 20.8. The van der Waals surface area contributed by atoms with Crippen molar-refractivity contribution in [3.63, 3.8) is 0 Å². The van der Waals surface area contributed by atoms with Crippen molar-refractivity contribution in [3.8, 4) is 5.75 Å². The molecule has 0 aliphatic carbocycles. The number of guanidine groups is 1. The predicted octanol–water partition coefficient (Wildman–Crippen LogP) is 2.91. The number of nitrogens with zero attached hydrogens (tertiary/aromatic N) is 2. The van der Waals surface area contributed by atoms with E-state index in [1.165, 1.54) is 0 Å². The van der Waals surface area contributed by atoms with Crippen LogP contribution in [-0.4, -0.2) is 67.0 Å². The maximum Gasteiger partial charge on any atom is 0.407 e. The second-order valence-electron chi connectivity index (χ2n) is 8.06. The molecule has 1 aromatic rings. The van der Waals surface area contributed by atoms with Gasteiger partial charge in [0.1, 0.15) is 11.4 Å². The van der Waals surface area contributed by atoms with E-state index in [-0.39, 0.29) is 36.6 Å². The Hall–Kier alpha value is -1.75. The van der Waals surface area contributed by atoms with E-state index in [0.29, 0.717) is 6.54 Å². The zero-order chi connectivity index (χ0) is 21.4. The van der Waals surface area contributed by atoms with Crippen LogP contribution in [0.5, 0.6) is 5.75 Å². The highest BCUT2D eigenvalue weighted by atomic mass is 127. The standard InChI is InChI=1S/C21H34N4O4.HI/c1-6-22-19(23-13-18(26)15-7-9-17(28-5)10-8-15)25-12-11-16(14-25)24-20(27)29-21(2,3)4;/h7-10,16,18,26H,6,11-14H2,1-5H3,(H,22,23)(H,24,27);1H. The van der Waals surface area contributed by atoms with Crippen molar-refractivity contribution in [2.75, 3.05) is 33.3 Å². The summed E-state index contributed by atoms with van der Waals surface area (Å²) >= 11 is 0. The monoisotopic (exact) mass is 534 g/mol. The van der Waals surface area contributed by atoms with Gasteiger partial charge in [-0.2, -0.15) is 0 Å². The summed E-state index contributed by atoms with van der Waals surface area (Å²) in [6.07, 6.45) is -0.293. The molecule has 170 valence electrons. The number of hydrogen-bond acceptors (Lipinski definition) is 5. The van der Waals surface area contributed by atoms with E-state index >= 15 is 0 Å². The molecule has 0 saturated carbocycles. The molecule has 30 heavy (non-hydrogen) atoms. The molecule has 1 aromatic carbocycles. The van der Waals surface area contributed by atoms with E-state index in [9.17, 15) is 9.90 Å². The Bertz CT molecular complexity index is 691. The number of rotatable bonds is 6. The number of hydrogen-bond donors (Lipinski definition) is 3. The van der Waals surface area contributed by atoms with Crippen molar-refractivity contribution in [1.29, 1.82) is 0 Å². The third kappa shape index (κ3) is 8.55. The molecule has 0 bridgehead atoms. The van der Waals surface area contributed by atoms with Crippen LogP contribution in [0.1, 0.15) is 45.8 Å². The molecule has 2 rings (SSSR count). The van der Waals surface area contributed by atoms with E-state index in [1.54, 1.807) is 7.11 Å². The van der Waals surface area contributed by atoms with Crippen molar-refractivity contribution in [1.82, 2.24) is 15.5 Å². The van der Waals surface area contributed by atoms with Crippen molar-refractivity contribution < 1.29 is 19.4 Å². The van der Waals surface area contributed by atoms with Crippen LogP contribution in [0.3, 0.4) is 0 Å². The van der Waals surface area contributed by atoms with Gasteiger partial charge in [-0.05, 0) is 51.8 Å². The van der Waals surface area contributed by atoms with Crippen LogP contribution >= 0.6 is 24.0 Å². The van der Waals surface area contributed by atoms with Crippen LogP contribution in [0, 0.1) is 0 Å². The molecule has 2 atom stereocenters. The molecular formula is C21H35IN4O4. The number of benzene rings is 1. The molecule has 0 spiro atoms. The summed E-state index contributed by atoms with van der Waals surface area (Å²) in [6.45, 7) is 9.91. The fourth-order valence-corrected chi connectivity index (χ4v) is 3.07. The second kappa shape index (κ2) is 12.2. The summed E-state index contributed by atoms with van der Waals surface area (Å²) in [7, 11) is 1.61. The number of aliphatic hydroxyl groups excluding tert-OH is 1. The van der Waals surface area contributed by atoms with Crippen LogP contribution in [0.4, 0.5) is 4.79 Å². The Balaban J connectivity index is 0.00000450. The lowest BCUT2D eigenvalue weighted by Crippen LogP contribution is -2.44. The number of carbonyl (C=O) groups is 1. The number of methoxy groups -OCH3 is 1. The number of likely N-dealkylation sites (tertiary alicyclic amines) is 1. The first kappa shape index (κ1) is 26.3. The first-order chi connectivity index (χ1) is 13.7. The largest absolute Gasteiger partial charge is 0.497 e. The van der Waals surface area contributed by atoms with Crippen LogP contribution in [-0.2, 0) is 4.74 Å². The van der Waals surface area contributed by atoms with Gasteiger partial charge >= 0.3 is 6.09 Å². The first-order valence-electron chi connectivity index (χ1n) is 10.1. The van der Waals surface area contributed by atoms with Crippen molar-refractivity contribution >= 4 is 36.0 Å². The highest BCUT2D eigenvalue weighted by Gasteiger charge is 2.28. The average molecular weight is 534 g/mol. The highest BCUT2D eigenvalue weighted by Crippen LogP contribution is 2.18. The smallest absolute Gasteiger partial charge is 0.407 e. The van der Waals surface area contributed by atoms with Gasteiger partial charge < -0.3 is 30.1 Å². The second-order valence-corrected chi connectivity index (χ2v) is 8.06. The van der Waals surface area contributed by atoms with Crippen LogP contribution in [0.25, 0.3) is 0 Å². The van der Waals surface area contributed by atoms with Crippen molar-refractivity contribution in [3.05, 3.63) is 29.8 Å². The van der Waals surface area contributed by atoms with E-state index in [0.717, 1.165) is 36.8 Å². The summed E-state index contributed by atoms with van der Waals surface area (Å²) in [4.78, 5) is 18.7. The number of halogens is 1. The maximum absolute atomic E-state index is 12.0. The number of amides is 1. The Morgan fingerprint density at radius 3 is 2.57 bits per heavy atom. The number of nitrogens with one attached hydrogen (secondary N) is 2. The number of aliphatic hydroxyl groups is 1. The van der Waals surface area contributed by atoms with Gasteiger partial charge in [0.2, 0.25) is 0 Å². The SMILES string of the molecule is CCNC(=NCC(O)c1ccc(OC)cc1)N1CCC(NC(=O)OC(C)(C)C)C1.I. The Labute approximate surface area is 196 Å². The van der Waals surface area contributed by atoms with Gasteiger partial charge in [0, 0.05) is 19.6 Å². The summed E-state index contributed by atoms with van der Waals surface area (Å²) in [6, 6.07) is 7.31. The van der Waals surface area contributed by atoms with Gasteiger partial charge in [-0.1, -0.05) is 12.1 Å². The van der Waals surface area contributed by atoms with Gasteiger partial charge in [0.25, 0.3) is 0 Å². The molecule has 1 aliphatic rings. The van der Waals surface area contributed by atoms with E-state index in [4.69, 9.17) is 9.47 Å². The summed E-state index contributed by atoms with van der Waals surface area (Å²) in [5.74, 6) is 1.48. The first-order valence-corrected chi connectivity index (χ1v) is 10.1. The number of aliphatic imine (C=N–C) groups is 1. The quantitative estimate of drug-likeness (QED) is 0.295. The molecule has 2 unspecified atom stereocenters. The minimum atomic E-state index is -0.701. The zero-order valence-electron chi connectivity index (χ0n) is 18.5. The maximum atomic E-state index is 12.0. The molecule has 3 N–H and O–H groups in total. The minimum absolute atomic E-state index is 0. The van der Waals surface area contributed by atoms with E-state index in [2.05, 4.69) is 20.5 Å². The third-order valence-corrected chi connectivity index (χ3v) is 4.46. The van der Waals surface area contributed by atoms with Gasteiger partial charge in [-0.3, -0.25) is 4.99 Å². The predicted molar refractivity (Wildman–Crippen MR) is 129 cm³/mol. The number of alkyl carbamates (subject to hydrolysis) is 1. The van der Waals surface area contributed by atoms with Crippen molar-refractivity contribution in [2.24, 2.45) is 4.99 Å². The normalized spacial score (nSPS) is 17.7. The molecule has 1 saturated heterocycles. The topological polar surface area (TPSA) is 95.4 Å². The molecule has 1 amide bonds. The van der Waals surface area contributed by atoms with Crippen LogP contribution in [0.2, 0.25) is 0 Å². The van der Waals surface area contributed by atoms with E-state index in [1.807, 2.05) is 52.0 Å². The van der Waals surface area contributed by atoms with Crippen LogP contribution in [0.15, 0.2) is 29.3 Å². The molecule has 9 heteroatoms. The molecule has 8 nitrogen and oxygen atoms in total. The average Bonchev–Trinajstić information content (AvgIpc) is 3.11. The van der Waals surface area contributed by atoms with Gasteiger partial charge in [0.15, 0.2) is 5.96 Å². The molecule has 0 radical (unpaired) electrons. The lowest BCUT2D eigenvalue weighted by Gasteiger charge is -2.23. The third-order valence-electron chi connectivity index (χ3n) is 4.46. The van der Waals surface area contributed by atoms with E-state index < -0.39 is 17.8 Å².